The SMILES string of the molecule is COc1cc(OC)c(C(C)(C)C#N)cc1OC. The van der Waals surface area contributed by atoms with Crippen molar-refractivity contribution in [1.29, 1.82) is 5.26 Å². The fourth-order valence-electron chi connectivity index (χ4n) is 1.58. The van der Waals surface area contributed by atoms with Crippen molar-refractivity contribution in [3.05, 3.63) is 17.7 Å². The average molecular weight is 235 g/mol. The number of nitrogens with zero attached hydrogens (tertiary/aromatic N) is 1. The van der Waals surface area contributed by atoms with Crippen molar-refractivity contribution in [1.82, 2.24) is 0 Å². The summed E-state index contributed by atoms with van der Waals surface area (Å²) < 4.78 is 15.7. The lowest BCUT2D eigenvalue weighted by Crippen LogP contribution is -2.15. The second-order valence-corrected chi connectivity index (χ2v) is 4.14. The van der Waals surface area contributed by atoms with Gasteiger partial charge in [0.05, 0.1) is 32.8 Å². The van der Waals surface area contributed by atoms with Gasteiger partial charge in [-0.25, -0.2) is 0 Å². The first-order valence-electron chi connectivity index (χ1n) is 5.22. The minimum atomic E-state index is -0.648. The van der Waals surface area contributed by atoms with Gasteiger partial charge >= 0.3 is 0 Å². The average Bonchev–Trinajstić information content (AvgIpc) is 2.36. The highest BCUT2D eigenvalue weighted by Gasteiger charge is 2.26. The quantitative estimate of drug-likeness (QED) is 0.804. The third-order valence-corrected chi connectivity index (χ3v) is 2.66. The van der Waals surface area contributed by atoms with Crippen LogP contribution in [0, 0.1) is 11.3 Å². The summed E-state index contributed by atoms with van der Waals surface area (Å²) in [6, 6.07) is 5.75. The number of benzene rings is 1. The lowest BCUT2D eigenvalue weighted by molar-refractivity contribution is 0.345. The Morgan fingerprint density at radius 2 is 1.41 bits per heavy atom. The van der Waals surface area contributed by atoms with Gasteiger partial charge in [-0.05, 0) is 19.9 Å². The largest absolute Gasteiger partial charge is 0.496 e. The maximum atomic E-state index is 9.18. The number of hydrogen-bond donors (Lipinski definition) is 0. The monoisotopic (exact) mass is 235 g/mol. The van der Waals surface area contributed by atoms with Crippen LogP contribution in [0.3, 0.4) is 0 Å². The normalized spacial score (nSPS) is 10.6. The van der Waals surface area contributed by atoms with Crippen LogP contribution in [0.1, 0.15) is 19.4 Å². The van der Waals surface area contributed by atoms with Crippen LogP contribution in [-0.2, 0) is 5.41 Å². The Bertz CT molecular complexity index is 447. The standard InChI is InChI=1S/C13H17NO3/c1-13(2,8-14)9-6-11(16-4)12(17-5)7-10(9)15-3/h6-7H,1-5H3. The summed E-state index contributed by atoms with van der Waals surface area (Å²) in [5.41, 5.74) is 0.130. The van der Waals surface area contributed by atoms with Crippen LogP contribution < -0.4 is 14.2 Å². The molecule has 0 N–H and O–H groups in total. The van der Waals surface area contributed by atoms with Crippen LogP contribution in [0.15, 0.2) is 12.1 Å². The molecule has 0 saturated carbocycles. The van der Waals surface area contributed by atoms with E-state index in [1.165, 1.54) is 0 Å². The molecule has 1 aromatic carbocycles. The molecule has 0 aliphatic heterocycles. The maximum Gasteiger partial charge on any atom is 0.164 e. The molecule has 0 radical (unpaired) electrons. The fourth-order valence-corrected chi connectivity index (χ4v) is 1.58. The molecule has 0 amide bonds. The van der Waals surface area contributed by atoms with Gasteiger partial charge in [0.15, 0.2) is 11.5 Å². The van der Waals surface area contributed by atoms with Gasteiger partial charge in [0.25, 0.3) is 0 Å². The summed E-state index contributed by atoms with van der Waals surface area (Å²) in [7, 11) is 4.69. The molecule has 4 heteroatoms. The molecule has 0 unspecified atom stereocenters. The predicted octanol–water partition coefficient (Wildman–Crippen LogP) is 2.51. The zero-order chi connectivity index (χ0) is 13.1. The van der Waals surface area contributed by atoms with Gasteiger partial charge < -0.3 is 14.2 Å². The molecule has 0 heterocycles. The van der Waals surface area contributed by atoms with E-state index >= 15 is 0 Å². The molecule has 92 valence electrons. The molecule has 0 saturated heterocycles. The summed E-state index contributed by atoms with van der Waals surface area (Å²) in [6.45, 7) is 3.66. The van der Waals surface area contributed by atoms with Crippen molar-refractivity contribution in [2.75, 3.05) is 21.3 Å². The van der Waals surface area contributed by atoms with E-state index < -0.39 is 5.41 Å². The number of ether oxygens (including phenoxy) is 3. The van der Waals surface area contributed by atoms with Crippen molar-refractivity contribution in [3.63, 3.8) is 0 Å². The van der Waals surface area contributed by atoms with Crippen molar-refractivity contribution in [2.45, 2.75) is 19.3 Å². The van der Waals surface area contributed by atoms with Crippen LogP contribution in [0.5, 0.6) is 17.2 Å². The number of rotatable bonds is 4. The molecule has 0 spiro atoms. The Morgan fingerprint density at radius 3 is 1.82 bits per heavy atom. The predicted molar refractivity (Wildman–Crippen MR) is 64.7 cm³/mol. The Morgan fingerprint density at radius 1 is 0.941 bits per heavy atom. The lowest BCUT2D eigenvalue weighted by Gasteiger charge is -2.21. The summed E-state index contributed by atoms with van der Waals surface area (Å²) in [6.07, 6.45) is 0. The topological polar surface area (TPSA) is 51.5 Å². The third kappa shape index (κ3) is 2.44. The third-order valence-electron chi connectivity index (χ3n) is 2.66. The van der Waals surface area contributed by atoms with Crippen LogP contribution in [0.4, 0.5) is 0 Å². The number of hydrogen-bond acceptors (Lipinski definition) is 4. The lowest BCUT2D eigenvalue weighted by atomic mass is 9.85. The van der Waals surface area contributed by atoms with E-state index in [0.717, 1.165) is 5.56 Å². The van der Waals surface area contributed by atoms with Gasteiger partial charge in [-0.2, -0.15) is 5.26 Å². The van der Waals surface area contributed by atoms with E-state index in [-0.39, 0.29) is 0 Å². The van der Waals surface area contributed by atoms with Crippen LogP contribution in [0.2, 0.25) is 0 Å². The van der Waals surface area contributed by atoms with Gasteiger partial charge in [0, 0.05) is 11.6 Å². The molecule has 0 aliphatic rings. The minimum absolute atomic E-state index is 0.585. The van der Waals surface area contributed by atoms with Gasteiger partial charge in [-0.1, -0.05) is 0 Å². The van der Waals surface area contributed by atoms with E-state index in [2.05, 4.69) is 6.07 Å². The highest BCUT2D eigenvalue weighted by atomic mass is 16.5. The van der Waals surface area contributed by atoms with Gasteiger partial charge in [0.1, 0.15) is 5.75 Å². The van der Waals surface area contributed by atoms with Gasteiger partial charge in [-0.3, -0.25) is 0 Å². The Balaban J connectivity index is 3.45. The zero-order valence-electron chi connectivity index (χ0n) is 10.8. The van der Waals surface area contributed by atoms with Crippen molar-refractivity contribution in [3.8, 4) is 23.3 Å². The van der Waals surface area contributed by atoms with Gasteiger partial charge in [-0.15, -0.1) is 0 Å². The molecular formula is C13H17NO3. The molecule has 17 heavy (non-hydrogen) atoms. The van der Waals surface area contributed by atoms with Crippen molar-refractivity contribution < 1.29 is 14.2 Å². The van der Waals surface area contributed by atoms with E-state index in [1.807, 2.05) is 13.8 Å². The highest BCUT2D eigenvalue weighted by molar-refractivity contribution is 5.54. The van der Waals surface area contributed by atoms with Crippen molar-refractivity contribution >= 4 is 0 Å². The highest BCUT2D eigenvalue weighted by Crippen LogP contribution is 2.39. The van der Waals surface area contributed by atoms with Crippen LogP contribution in [-0.4, -0.2) is 21.3 Å². The summed E-state index contributed by atoms with van der Waals surface area (Å²) >= 11 is 0. The Labute approximate surface area is 102 Å². The zero-order valence-corrected chi connectivity index (χ0v) is 10.8. The van der Waals surface area contributed by atoms with Crippen molar-refractivity contribution in [2.24, 2.45) is 0 Å². The maximum absolute atomic E-state index is 9.18. The van der Waals surface area contributed by atoms with Gasteiger partial charge in [0.2, 0.25) is 0 Å². The Hall–Kier alpha value is -1.89. The fraction of sp³-hybridized carbons (Fsp3) is 0.462. The first-order chi connectivity index (χ1) is 8.00. The molecule has 0 atom stereocenters. The first-order valence-corrected chi connectivity index (χ1v) is 5.22. The molecule has 4 nitrogen and oxygen atoms in total. The number of nitriles is 1. The van der Waals surface area contributed by atoms with E-state index in [1.54, 1.807) is 33.5 Å². The minimum Gasteiger partial charge on any atom is -0.496 e. The summed E-state index contributed by atoms with van der Waals surface area (Å²) in [5, 5.41) is 9.18. The molecule has 0 aliphatic carbocycles. The van der Waals surface area contributed by atoms with Crippen LogP contribution in [0.25, 0.3) is 0 Å². The first kappa shape index (κ1) is 13.2. The molecule has 1 rings (SSSR count). The molecule has 1 aromatic rings. The smallest absolute Gasteiger partial charge is 0.164 e. The van der Waals surface area contributed by atoms with E-state index in [4.69, 9.17) is 14.2 Å². The Kier molecular flexibility index (Phi) is 3.84. The molecule has 0 bridgehead atoms. The number of methoxy groups -OCH3 is 3. The summed E-state index contributed by atoms with van der Waals surface area (Å²) in [4.78, 5) is 0. The molecule has 0 fully saturated rings. The van der Waals surface area contributed by atoms with Crippen LogP contribution >= 0.6 is 0 Å². The van der Waals surface area contributed by atoms with E-state index in [9.17, 15) is 5.26 Å². The summed E-state index contributed by atoms with van der Waals surface area (Å²) in [5.74, 6) is 1.79. The second kappa shape index (κ2) is 4.96. The molecular weight excluding hydrogens is 218 g/mol. The second-order valence-electron chi connectivity index (χ2n) is 4.14. The molecule has 0 aromatic heterocycles. The van der Waals surface area contributed by atoms with E-state index in [0.29, 0.717) is 17.2 Å².